The quantitative estimate of drug-likeness (QED) is 0.508. The average molecular weight is 250 g/mol. The monoisotopic (exact) mass is 250 g/mol. The summed E-state index contributed by atoms with van der Waals surface area (Å²) in [6.45, 7) is 2.30. The molecule has 2 N–H and O–H groups in total. The Kier molecular flexibility index (Phi) is 7.00. The van der Waals surface area contributed by atoms with E-state index in [9.17, 15) is 13.2 Å². The fraction of sp³-hybridized carbons (Fsp3) is 0.700. The molecule has 16 heavy (non-hydrogen) atoms. The summed E-state index contributed by atoms with van der Waals surface area (Å²) >= 11 is 0. The first-order chi connectivity index (χ1) is 7.31. The van der Waals surface area contributed by atoms with Crippen LogP contribution in [0.5, 0.6) is 0 Å². The SMILES string of the molecule is CC(=O)/C=C\N(C)CCCCCS(N)(=O)=O.[HH]. The van der Waals surface area contributed by atoms with E-state index in [4.69, 9.17) is 5.14 Å². The first kappa shape index (κ1) is 15.1. The first-order valence-electron chi connectivity index (χ1n) is 5.21. The summed E-state index contributed by atoms with van der Waals surface area (Å²) in [6.07, 6.45) is 5.51. The van der Waals surface area contributed by atoms with Crippen molar-refractivity contribution in [2.45, 2.75) is 26.2 Å². The summed E-state index contributed by atoms with van der Waals surface area (Å²) in [4.78, 5) is 12.5. The third-order valence-electron chi connectivity index (χ3n) is 2.00. The molecule has 0 amide bonds. The van der Waals surface area contributed by atoms with Crippen LogP contribution in [0.2, 0.25) is 0 Å². The van der Waals surface area contributed by atoms with Crippen LogP contribution in [0.1, 0.15) is 27.6 Å². The molecule has 0 aromatic rings. The maximum absolute atomic E-state index is 10.6. The number of sulfonamides is 1. The van der Waals surface area contributed by atoms with E-state index in [1.165, 1.54) is 13.0 Å². The minimum Gasteiger partial charge on any atom is -0.380 e. The molecule has 0 radical (unpaired) electrons. The second-order valence-corrected chi connectivity index (χ2v) is 5.57. The zero-order valence-electron chi connectivity index (χ0n) is 9.85. The van der Waals surface area contributed by atoms with Gasteiger partial charge in [0.05, 0.1) is 5.75 Å². The molecular weight excluding hydrogens is 228 g/mol. The van der Waals surface area contributed by atoms with Gasteiger partial charge in [0, 0.05) is 21.2 Å². The molecule has 0 aliphatic rings. The molecule has 0 fully saturated rings. The lowest BCUT2D eigenvalue weighted by atomic mass is 10.2. The number of hydrogen-bond donors (Lipinski definition) is 1. The fourth-order valence-corrected chi connectivity index (χ4v) is 1.75. The predicted molar refractivity (Wildman–Crippen MR) is 66.4 cm³/mol. The van der Waals surface area contributed by atoms with Gasteiger partial charge in [0.15, 0.2) is 5.78 Å². The molecule has 0 saturated carbocycles. The molecule has 0 aliphatic heterocycles. The van der Waals surface area contributed by atoms with Gasteiger partial charge in [-0.05, 0) is 25.8 Å². The van der Waals surface area contributed by atoms with E-state index in [0.29, 0.717) is 6.42 Å². The molecule has 0 spiro atoms. The van der Waals surface area contributed by atoms with Crippen LogP contribution in [-0.2, 0) is 14.8 Å². The second kappa shape index (κ2) is 7.40. The van der Waals surface area contributed by atoms with Crippen molar-refractivity contribution in [3.63, 3.8) is 0 Å². The zero-order chi connectivity index (χ0) is 12.6. The summed E-state index contributed by atoms with van der Waals surface area (Å²) in [5, 5.41) is 4.87. The first-order valence-corrected chi connectivity index (χ1v) is 6.92. The van der Waals surface area contributed by atoms with Crippen molar-refractivity contribution >= 4 is 15.8 Å². The largest absolute Gasteiger partial charge is 0.380 e. The van der Waals surface area contributed by atoms with Crippen LogP contribution in [0.3, 0.4) is 0 Å². The van der Waals surface area contributed by atoms with Gasteiger partial charge >= 0.3 is 0 Å². The summed E-state index contributed by atoms with van der Waals surface area (Å²) < 4.78 is 21.2. The Hall–Kier alpha value is -0.880. The number of nitrogens with zero attached hydrogens (tertiary/aromatic N) is 1. The molecule has 96 valence electrons. The molecule has 0 atom stereocenters. The summed E-state index contributed by atoms with van der Waals surface area (Å²) in [5.41, 5.74) is 0. The van der Waals surface area contributed by atoms with Gasteiger partial charge in [-0.15, -0.1) is 0 Å². The highest BCUT2D eigenvalue weighted by molar-refractivity contribution is 7.89. The van der Waals surface area contributed by atoms with E-state index in [-0.39, 0.29) is 13.0 Å². The Balaban J connectivity index is 0. The molecule has 0 aromatic heterocycles. The Morgan fingerprint density at radius 3 is 2.50 bits per heavy atom. The third-order valence-corrected chi connectivity index (χ3v) is 2.86. The highest BCUT2D eigenvalue weighted by Gasteiger charge is 2.01. The number of rotatable bonds is 8. The van der Waals surface area contributed by atoms with Crippen LogP contribution >= 0.6 is 0 Å². The van der Waals surface area contributed by atoms with Gasteiger partial charge in [-0.3, -0.25) is 4.79 Å². The summed E-state index contributed by atoms with van der Waals surface area (Å²) in [5.74, 6) is 0.0566. The lowest BCUT2D eigenvalue weighted by molar-refractivity contribution is -0.112. The fourth-order valence-electron chi connectivity index (χ4n) is 1.15. The van der Waals surface area contributed by atoms with Crippen LogP contribution in [0.4, 0.5) is 0 Å². The molecule has 0 unspecified atom stereocenters. The molecule has 5 nitrogen and oxygen atoms in total. The maximum Gasteiger partial charge on any atom is 0.209 e. The number of hydrogen-bond acceptors (Lipinski definition) is 4. The highest BCUT2D eigenvalue weighted by Crippen LogP contribution is 1.99. The van der Waals surface area contributed by atoms with Crippen molar-refractivity contribution < 1.29 is 14.6 Å². The number of carbonyl (C=O) groups excluding carboxylic acids is 1. The zero-order valence-corrected chi connectivity index (χ0v) is 10.7. The summed E-state index contributed by atoms with van der Waals surface area (Å²) in [7, 11) is -1.44. The number of carbonyl (C=O) groups is 1. The molecule has 0 rings (SSSR count). The van der Waals surface area contributed by atoms with Crippen molar-refractivity contribution in [1.29, 1.82) is 0 Å². The Morgan fingerprint density at radius 2 is 2.00 bits per heavy atom. The van der Waals surface area contributed by atoms with Gasteiger partial charge in [0.2, 0.25) is 10.0 Å². The number of primary sulfonamides is 1. The van der Waals surface area contributed by atoms with E-state index in [0.717, 1.165) is 19.4 Å². The van der Waals surface area contributed by atoms with Gasteiger partial charge in [-0.25, -0.2) is 13.6 Å². The van der Waals surface area contributed by atoms with Crippen molar-refractivity contribution in [1.82, 2.24) is 4.90 Å². The number of nitrogens with two attached hydrogens (primary N) is 1. The molecule has 0 saturated heterocycles. The van der Waals surface area contributed by atoms with E-state index in [2.05, 4.69) is 0 Å². The number of unbranched alkanes of at least 4 members (excludes halogenated alkanes) is 2. The minimum atomic E-state index is -3.32. The van der Waals surface area contributed by atoms with Crippen LogP contribution in [0.25, 0.3) is 0 Å². The maximum atomic E-state index is 10.6. The van der Waals surface area contributed by atoms with Gasteiger partial charge in [0.25, 0.3) is 0 Å². The second-order valence-electron chi connectivity index (χ2n) is 3.83. The van der Waals surface area contributed by atoms with E-state index < -0.39 is 10.0 Å². The molecular formula is C10H22N2O3S. The number of allylic oxidation sites excluding steroid dienone is 1. The predicted octanol–water partition coefficient (Wildman–Crippen LogP) is 0.726. The van der Waals surface area contributed by atoms with Crippen LogP contribution in [-0.4, -0.2) is 38.4 Å². The van der Waals surface area contributed by atoms with Crippen molar-refractivity contribution in [3.8, 4) is 0 Å². The average Bonchev–Trinajstić information content (AvgIpc) is 2.12. The molecule has 6 heteroatoms. The van der Waals surface area contributed by atoms with Gasteiger partial charge in [0.1, 0.15) is 0 Å². The molecule has 0 heterocycles. The van der Waals surface area contributed by atoms with Crippen molar-refractivity contribution in [2.24, 2.45) is 5.14 Å². The molecule has 0 bridgehead atoms. The van der Waals surface area contributed by atoms with E-state index >= 15 is 0 Å². The van der Waals surface area contributed by atoms with Gasteiger partial charge in [-0.2, -0.15) is 0 Å². The van der Waals surface area contributed by atoms with Gasteiger partial charge in [-0.1, -0.05) is 6.42 Å². The smallest absolute Gasteiger partial charge is 0.209 e. The Morgan fingerprint density at radius 1 is 1.38 bits per heavy atom. The van der Waals surface area contributed by atoms with E-state index in [1.807, 2.05) is 11.9 Å². The van der Waals surface area contributed by atoms with Crippen LogP contribution < -0.4 is 5.14 Å². The topological polar surface area (TPSA) is 80.5 Å². The molecule has 0 aliphatic carbocycles. The van der Waals surface area contributed by atoms with Crippen LogP contribution in [0.15, 0.2) is 12.3 Å². The van der Waals surface area contributed by atoms with Crippen molar-refractivity contribution in [2.75, 3.05) is 19.3 Å². The highest BCUT2D eigenvalue weighted by atomic mass is 32.2. The molecule has 0 aromatic carbocycles. The third kappa shape index (κ3) is 11.2. The standard InChI is InChI=1S/C10H20N2O3S.H2/c1-10(13)6-8-12(2)7-4-3-5-9-16(11,14)15;/h6,8H,3-5,7,9H2,1-2H3,(H2,11,14,15);1H/b8-6-;. The Bertz CT molecular complexity index is 341. The lowest BCUT2D eigenvalue weighted by Crippen LogP contribution is -2.17. The van der Waals surface area contributed by atoms with Crippen LogP contribution in [0, 0.1) is 0 Å². The van der Waals surface area contributed by atoms with E-state index in [1.54, 1.807) is 6.20 Å². The normalized spacial score (nSPS) is 11.9. The summed E-state index contributed by atoms with van der Waals surface area (Å²) in [6, 6.07) is 0. The lowest BCUT2D eigenvalue weighted by Gasteiger charge is -2.12. The van der Waals surface area contributed by atoms with Gasteiger partial charge < -0.3 is 4.90 Å². The van der Waals surface area contributed by atoms with Crippen molar-refractivity contribution in [3.05, 3.63) is 12.3 Å². The minimum absolute atomic E-state index is 0. The Labute approximate surface area is 98.8 Å². The number of ketones is 1.